The molecule has 0 atom stereocenters. The second kappa shape index (κ2) is 6.55. The van der Waals surface area contributed by atoms with Gasteiger partial charge in [-0.3, -0.25) is 4.79 Å². The molecule has 108 valence electrons. The lowest BCUT2D eigenvalue weighted by Crippen LogP contribution is -2.19. The first-order valence-electron chi connectivity index (χ1n) is 6.66. The molecule has 0 aliphatic carbocycles. The van der Waals surface area contributed by atoms with E-state index in [-0.39, 0.29) is 5.91 Å². The first-order chi connectivity index (χ1) is 9.99. The molecule has 0 aromatic heterocycles. The van der Waals surface area contributed by atoms with Crippen LogP contribution in [0.5, 0.6) is 0 Å². The van der Waals surface area contributed by atoms with Gasteiger partial charge < -0.3 is 0 Å². The Morgan fingerprint density at radius 3 is 2.48 bits per heavy atom. The quantitative estimate of drug-likeness (QED) is 0.672. The highest BCUT2D eigenvalue weighted by Crippen LogP contribution is 2.15. The zero-order valence-corrected chi connectivity index (χ0v) is 13.0. The van der Waals surface area contributed by atoms with E-state index in [4.69, 9.17) is 11.6 Å². The topological polar surface area (TPSA) is 41.5 Å². The molecule has 0 fully saturated rings. The van der Waals surface area contributed by atoms with Crippen molar-refractivity contribution in [2.75, 3.05) is 0 Å². The minimum Gasteiger partial charge on any atom is -0.267 e. The molecule has 0 aliphatic rings. The van der Waals surface area contributed by atoms with Crippen molar-refractivity contribution in [2.24, 2.45) is 5.10 Å². The summed E-state index contributed by atoms with van der Waals surface area (Å²) in [7, 11) is 0. The molecular weight excluding hydrogens is 284 g/mol. The molecule has 4 heteroatoms. The molecule has 1 N–H and O–H groups in total. The number of rotatable bonds is 3. The molecule has 3 nitrogen and oxygen atoms in total. The van der Waals surface area contributed by atoms with Gasteiger partial charge in [0.2, 0.25) is 0 Å². The number of hydrogen-bond donors (Lipinski definition) is 1. The summed E-state index contributed by atoms with van der Waals surface area (Å²) in [5.74, 6) is -0.315. The summed E-state index contributed by atoms with van der Waals surface area (Å²) in [6, 6.07) is 13.0. The van der Waals surface area contributed by atoms with E-state index in [9.17, 15) is 4.79 Å². The van der Waals surface area contributed by atoms with Gasteiger partial charge in [0.15, 0.2) is 0 Å². The number of nitrogens with zero attached hydrogens (tertiary/aromatic N) is 1. The van der Waals surface area contributed by atoms with Crippen molar-refractivity contribution in [3.63, 3.8) is 0 Å². The summed E-state index contributed by atoms with van der Waals surface area (Å²) >= 11 is 5.98. The first-order valence-corrected chi connectivity index (χ1v) is 7.03. The standard InChI is InChI=1S/C17H17ClN2O/c1-11-8-9-14(12(2)10-11)13(3)19-20-17(21)15-6-4-5-7-16(15)18/h4-10H,1-3H3,(H,20,21). The van der Waals surface area contributed by atoms with Crippen LogP contribution in [-0.2, 0) is 0 Å². The Hall–Kier alpha value is -2.13. The van der Waals surface area contributed by atoms with Crippen LogP contribution >= 0.6 is 11.6 Å². The molecule has 0 aliphatic heterocycles. The highest BCUT2D eigenvalue weighted by atomic mass is 35.5. The molecule has 0 spiro atoms. The maximum absolute atomic E-state index is 12.0. The van der Waals surface area contributed by atoms with E-state index in [1.807, 2.05) is 32.9 Å². The Kier molecular flexibility index (Phi) is 4.76. The number of amides is 1. The molecule has 1 amide bonds. The molecule has 0 unspecified atom stereocenters. The van der Waals surface area contributed by atoms with Crippen molar-refractivity contribution in [1.82, 2.24) is 5.43 Å². The number of hydrogen-bond acceptors (Lipinski definition) is 2. The first kappa shape index (κ1) is 15.3. The van der Waals surface area contributed by atoms with E-state index in [0.717, 1.165) is 16.8 Å². The Labute approximate surface area is 129 Å². The Balaban J connectivity index is 2.17. The fourth-order valence-corrected chi connectivity index (χ4v) is 2.34. The summed E-state index contributed by atoms with van der Waals surface area (Å²) < 4.78 is 0. The highest BCUT2D eigenvalue weighted by Gasteiger charge is 2.09. The van der Waals surface area contributed by atoms with Crippen molar-refractivity contribution in [2.45, 2.75) is 20.8 Å². The molecule has 2 aromatic rings. The molecule has 2 rings (SSSR count). The van der Waals surface area contributed by atoms with Gasteiger partial charge in [-0.1, -0.05) is 47.5 Å². The molecular formula is C17H17ClN2O. The van der Waals surface area contributed by atoms with Gasteiger partial charge in [0.25, 0.3) is 5.91 Å². The van der Waals surface area contributed by atoms with Gasteiger partial charge in [-0.2, -0.15) is 5.10 Å². The summed E-state index contributed by atoms with van der Waals surface area (Å²) in [6.45, 7) is 5.93. The van der Waals surface area contributed by atoms with Gasteiger partial charge >= 0.3 is 0 Å². The van der Waals surface area contributed by atoms with E-state index in [0.29, 0.717) is 10.6 Å². The lowest BCUT2D eigenvalue weighted by molar-refractivity contribution is 0.0955. The second-order valence-corrected chi connectivity index (χ2v) is 5.34. The number of halogens is 1. The average Bonchev–Trinajstić information content (AvgIpc) is 2.45. The van der Waals surface area contributed by atoms with Crippen LogP contribution in [0.2, 0.25) is 5.02 Å². The smallest absolute Gasteiger partial charge is 0.267 e. The van der Waals surface area contributed by atoms with Gasteiger partial charge in [-0.15, -0.1) is 0 Å². The van der Waals surface area contributed by atoms with Gasteiger partial charge in [-0.05, 0) is 38.5 Å². The zero-order valence-electron chi connectivity index (χ0n) is 12.3. The van der Waals surface area contributed by atoms with Crippen LogP contribution in [0, 0.1) is 13.8 Å². The third kappa shape index (κ3) is 3.70. The highest BCUT2D eigenvalue weighted by molar-refractivity contribution is 6.33. The normalized spacial score (nSPS) is 11.3. The average molecular weight is 301 g/mol. The summed E-state index contributed by atoms with van der Waals surface area (Å²) in [5.41, 5.74) is 7.06. The molecule has 0 bridgehead atoms. The number of benzene rings is 2. The van der Waals surface area contributed by atoms with Crippen LogP contribution in [0.4, 0.5) is 0 Å². The molecule has 2 aromatic carbocycles. The largest absolute Gasteiger partial charge is 0.272 e. The van der Waals surface area contributed by atoms with Crippen molar-refractivity contribution in [3.8, 4) is 0 Å². The fraction of sp³-hybridized carbons (Fsp3) is 0.176. The number of aryl methyl sites for hydroxylation is 2. The fourth-order valence-electron chi connectivity index (χ4n) is 2.12. The van der Waals surface area contributed by atoms with Crippen molar-refractivity contribution >= 4 is 23.2 Å². The third-order valence-electron chi connectivity index (χ3n) is 3.22. The number of carbonyl (C=O) groups excluding carboxylic acids is 1. The monoisotopic (exact) mass is 300 g/mol. The van der Waals surface area contributed by atoms with Crippen LogP contribution in [0.1, 0.15) is 34.0 Å². The summed E-state index contributed by atoms with van der Waals surface area (Å²) in [5, 5.41) is 4.57. The van der Waals surface area contributed by atoms with E-state index in [1.165, 1.54) is 5.56 Å². The van der Waals surface area contributed by atoms with Gasteiger partial charge in [0.05, 0.1) is 16.3 Å². The van der Waals surface area contributed by atoms with E-state index in [2.05, 4.69) is 16.6 Å². The van der Waals surface area contributed by atoms with Crippen LogP contribution in [0.25, 0.3) is 0 Å². The van der Waals surface area contributed by atoms with Crippen LogP contribution in [-0.4, -0.2) is 11.6 Å². The van der Waals surface area contributed by atoms with Gasteiger partial charge in [-0.25, -0.2) is 5.43 Å². The van der Waals surface area contributed by atoms with Gasteiger partial charge in [0.1, 0.15) is 0 Å². The Bertz CT molecular complexity index is 708. The molecule has 0 saturated heterocycles. The van der Waals surface area contributed by atoms with E-state index < -0.39 is 0 Å². The van der Waals surface area contributed by atoms with E-state index >= 15 is 0 Å². The lowest BCUT2D eigenvalue weighted by atomic mass is 10.0. The predicted octanol–water partition coefficient (Wildman–Crippen LogP) is 4.11. The minimum absolute atomic E-state index is 0.315. The number of carbonyl (C=O) groups is 1. The van der Waals surface area contributed by atoms with Gasteiger partial charge in [0, 0.05) is 5.56 Å². The van der Waals surface area contributed by atoms with Crippen LogP contribution in [0.3, 0.4) is 0 Å². The van der Waals surface area contributed by atoms with Crippen molar-refractivity contribution in [3.05, 3.63) is 69.7 Å². The van der Waals surface area contributed by atoms with Crippen LogP contribution < -0.4 is 5.43 Å². The summed E-state index contributed by atoms with van der Waals surface area (Å²) in [6.07, 6.45) is 0. The molecule has 0 heterocycles. The SMILES string of the molecule is CC(=NNC(=O)c1ccccc1Cl)c1ccc(C)cc1C. The Morgan fingerprint density at radius 2 is 1.81 bits per heavy atom. The zero-order chi connectivity index (χ0) is 15.4. The Morgan fingerprint density at radius 1 is 1.10 bits per heavy atom. The molecule has 0 saturated carbocycles. The van der Waals surface area contributed by atoms with Crippen molar-refractivity contribution in [1.29, 1.82) is 0 Å². The minimum atomic E-state index is -0.315. The van der Waals surface area contributed by atoms with Crippen molar-refractivity contribution < 1.29 is 4.79 Å². The third-order valence-corrected chi connectivity index (χ3v) is 3.54. The molecule has 0 radical (unpaired) electrons. The van der Waals surface area contributed by atoms with Crippen LogP contribution in [0.15, 0.2) is 47.6 Å². The molecule has 21 heavy (non-hydrogen) atoms. The number of hydrazone groups is 1. The maximum Gasteiger partial charge on any atom is 0.272 e. The second-order valence-electron chi connectivity index (χ2n) is 4.94. The van der Waals surface area contributed by atoms with E-state index in [1.54, 1.807) is 24.3 Å². The summed E-state index contributed by atoms with van der Waals surface area (Å²) in [4.78, 5) is 12.0. The predicted molar refractivity (Wildman–Crippen MR) is 87.0 cm³/mol. The lowest BCUT2D eigenvalue weighted by Gasteiger charge is -2.07. The number of nitrogens with one attached hydrogen (secondary N) is 1. The maximum atomic E-state index is 12.0.